The minimum absolute atomic E-state index is 0.0815. The van der Waals surface area contributed by atoms with Crippen LogP contribution in [-0.2, 0) is 28.6 Å². The molecule has 0 radical (unpaired) electrons. The second-order valence-electron chi connectivity index (χ2n) is 16.0. The van der Waals surface area contributed by atoms with E-state index in [9.17, 15) is 14.4 Å². The minimum atomic E-state index is -0.779. The van der Waals surface area contributed by atoms with Crippen molar-refractivity contribution in [3.63, 3.8) is 0 Å². The van der Waals surface area contributed by atoms with Gasteiger partial charge < -0.3 is 14.2 Å². The molecule has 0 saturated heterocycles. The first-order valence-electron chi connectivity index (χ1n) is 24.0. The van der Waals surface area contributed by atoms with Gasteiger partial charge in [-0.3, -0.25) is 14.4 Å². The first kappa shape index (κ1) is 53.6. The highest BCUT2D eigenvalue weighted by molar-refractivity contribution is 5.71. The summed E-state index contributed by atoms with van der Waals surface area (Å²) in [7, 11) is 0. The SMILES string of the molecule is CCCC/C=C\CCCCCCCC(=O)OCC(COC(=O)CCCCCCC/C=C\CCCCCCC)OC(=O)CCCCCCC/C=C\CCCCCC. The third-order valence-corrected chi connectivity index (χ3v) is 10.3. The van der Waals surface area contributed by atoms with Gasteiger partial charge in [0.25, 0.3) is 0 Å². The summed E-state index contributed by atoms with van der Waals surface area (Å²) >= 11 is 0. The van der Waals surface area contributed by atoms with Crippen LogP contribution in [0.5, 0.6) is 0 Å². The van der Waals surface area contributed by atoms with Crippen molar-refractivity contribution in [3.05, 3.63) is 36.5 Å². The molecule has 0 N–H and O–H groups in total. The number of hydrogen-bond donors (Lipinski definition) is 0. The molecule has 0 aromatic heterocycles. The standard InChI is InChI=1S/C50H90O6/c1-4-7-10-13-16-19-22-24-26-28-31-34-37-40-43-49(52)55-46-47(45-54-48(51)42-39-36-33-30-27-21-18-15-12-9-6-3)56-50(53)44-41-38-35-32-29-25-23-20-17-14-11-8-5-2/h15,18,20,22-24,47H,4-14,16-17,19,21,25-46H2,1-3H3/b18-15-,23-20-,24-22-. The molecule has 0 heterocycles. The molecule has 0 aromatic carbocycles. The lowest BCUT2D eigenvalue weighted by atomic mass is 10.1. The van der Waals surface area contributed by atoms with Crippen LogP contribution in [0, 0.1) is 0 Å². The van der Waals surface area contributed by atoms with Crippen LogP contribution in [0.4, 0.5) is 0 Å². The van der Waals surface area contributed by atoms with Gasteiger partial charge in [-0.05, 0) is 89.9 Å². The molecule has 0 aliphatic carbocycles. The van der Waals surface area contributed by atoms with Gasteiger partial charge in [0.1, 0.15) is 13.2 Å². The maximum atomic E-state index is 12.7. The average molecular weight is 787 g/mol. The predicted octanol–water partition coefficient (Wildman–Crippen LogP) is 15.4. The normalized spacial score (nSPS) is 12.3. The molecule has 326 valence electrons. The Morgan fingerprint density at radius 3 is 0.964 bits per heavy atom. The second kappa shape index (κ2) is 45.3. The Kier molecular flexibility index (Phi) is 43.4. The van der Waals surface area contributed by atoms with Gasteiger partial charge in [0, 0.05) is 19.3 Å². The number of ether oxygens (including phenoxy) is 3. The van der Waals surface area contributed by atoms with Crippen LogP contribution in [0.15, 0.2) is 36.5 Å². The van der Waals surface area contributed by atoms with E-state index in [4.69, 9.17) is 14.2 Å². The van der Waals surface area contributed by atoms with Gasteiger partial charge in [0.2, 0.25) is 0 Å². The summed E-state index contributed by atoms with van der Waals surface area (Å²) in [5, 5.41) is 0. The quantitative estimate of drug-likeness (QED) is 0.0265. The Labute approximate surface area is 346 Å². The van der Waals surface area contributed by atoms with Crippen molar-refractivity contribution in [1.82, 2.24) is 0 Å². The molecule has 0 aromatic rings. The van der Waals surface area contributed by atoms with Gasteiger partial charge in [0.15, 0.2) is 6.10 Å². The smallest absolute Gasteiger partial charge is 0.306 e. The fourth-order valence-corrected chi connectivity index (χ4v) is 6.65. The van der Waals surface area contributed by atoms with Crippen molar-refractivity contribution in [2.24, 2.45) is 0 Å². The predicted molar refractivity (Wildman–Crippen MR) is 238 cm³/mol. The van der Waals surface area contributed by atoms with E-state index in [1.54, 1.807) is 0 Å². The molecule has 1 unspecified atom stereocenters. The van der Waals surface area contributed by atoms with Gasteiger partial charge in [-0.2, -0.15) is 0 Å². The molecule has 0 saturated carbocycles. The summed E-state index contributed by atoms with van der Waals surface area (Å²) in [6, 6.07) is 0. The fourth-order valence-electron chi connectivity index (χ4n) is 6.65. The van der Waals surface area contributed by atoms with E-state index in [0.717, 1.165) is 83.5 Å². The topological polar surface area (TPSA) is 78.9 Å². The zero-order chi connectivity index (χ0) is 40.8. The van der Waals surface area contributed by atoms with Crippen molar-refractivity contribution in [2.45, 2.75) is 252 Å². The summed E-state index contributed by atoms with van der Waals surface area (Å²) < 4.78 is 16.7. The van der Waals surface area contributed by atoms with E-state index in [2.05, 4.69) is 57.2 Å². The van der Waals surface area contributed by atoms with Crippen molar-refractivity contribution in [1.29, 1.82) is 0 Å². The lowest BCUT2D eigenvalue weighted by molar-refractivity contribution is -0.167. The second-order valence-corrected chi connectivity index (χ2v) is 16.0. The van der Waals surface area contributed by atoms with Crippen molar-refractivity contribution in [3.8, 4) is 0 Å². The third kappa shape index (κ3) is 42.8. The Bertz CT molecular complexity index is 953. The van der Waals surface area contributed by atoms with Crippen LogP contribution in [0.25, 0.3) is 0 Å². The van der Waals surface area contributed by atoms with Gasteiger partial charge in [0.05, 0.1) is 0 Å². The molecule has 0 bridgehead atoms. The van der Waals surface area contributed by atoms with Crippen LogP contribution in [0.1, 0.15) is 245 Å². The molecule has 0 aliphatic rings. The molecular formula is C50H90O6. The number of hydrogen-bond acceptors (Lipinski definition) is 6. The zero-order valence-corrected chi connectivity index (χ0v) is 37.2. The average Bonchev–Trinajstić information content (AvgIpc) is 3.19. The highest BCUT2D eigenvalue weighted by Crippen LogP contribution is 2.14. The molecule has 6 nitrogen and oxygen atoms in total. The number of unbranched alkanes of at least 4 members (excludes halogenated alkanes) is 26. The van der Waals surface area contributed by atoms with Gasteiger partial charge in [-0.25, -0.2) is 0 Å². The first-order chi connectivity index (χ1) is 27.5. The Balaban J connectivity index is 4.39. The Morgan fingerprint density at radius 1 is 0.339 bits per heavy atom. The Morgan fingerprint density at radius 2 is 0.607 bits per heavy atom. The molecule has 0 rings (SSSR count). The van der Waals surface area contributed by atoms with Crippen molar-refractivity contribution in [2.75, 3.05) is 13.2 Å². The summed E-state index contributed by atoms with van der Waals surface area (Å²) in [5.74, 6) is -0.905. The van der Waals surface area contributed by atoms with Crippen LogP contribution < -0.4 is 0 Å². The summed E-state index contributed by atoms with van der Waals surface area (Å²) in [4.78, 5) is 37.8. The largest absolute Gasteiger partial charge is 0.462 e. The summed E-state index contributed by atoms with van der Waals surface area (Å²) in [5.41, 5.74) is 0. The zero-order valence-electron chi connectivity index (χ0n) is 37.2. The van der Waals surface area contributed by atoms with Gasteiger partial charge >= 0.3 is 17.9 Å². The van der Waals surface area contributed by atoms with Crippen LogP contribution in [0.3, 0.4) is 0 Å². The van der Waals surface area contributed by atoms with E-state index >= 15 is 0 Å². The van der Waals surface area contributed by atoms with Crippen LogP contribution in [0.2, 0.25) is 0 Å². The van der Waals surface area contributed by atoms with E-state index in [-0.39, 0.29) is 31.1 Å². The van der Waals surface area contributed by atoms with Crippen molar-refractivity contribution >= 4 is 17.9 Å². The summed E-state index contributed by atoms with van der Waals surface area (Å²) in [6.45, 7) is 6.55. The van der Waals surface area contributed by atoms with Gasteiger partial charge in [-0.15, -0.1) is 0 Å². The highest BCUT2D eigenvalue weighted by atomic mass is 16.6. The minimum Gasteiger partial charge on any atom is -0.462 e. The highest BCUT2D eigenvalue weighted by Gasteiger charge is 2.19. The van der Waals surface area contributed by atoms with E-state index in [1.807, 2.05) is 0 Å². The molecule has 0 spiro atoms. The number of allylic oxidation sites excluding steroid dienone is 6. The monoisotopic (exact) mass is 787 g/mol. The van der Waals surface area contributed by atoms with Gasteiger partial charge in [-0.1, -0.05) is 173 Å². The lowest BCUT2D eigenvalue weighted by Crippen LogP contribution is -2.30. The molecule has 0 aliphatic heterocycles. The molecular weight excluding hydrogens is 697 g/mol. The number of rotatable bonds is 43. The van der Waals surface area contributed by atoms with Crippen LogP contribution >= 0.6 is 0 Å². The molecule has 56 heavy (non-hydrogen) atoms. The lowest BCUT2D eigenvalue weighted by Gasteiger charge is -2.18. The fraction of sp³-hybridized carbons (Fsp3) is 0.820. The Hall–Kier alpha value is -2.37. The van der Waals surface area contributed by atoms with Crippen LogP contribution in [-0.4, -0.2) is 37.2 Å². The maximum Gasteiger partial charge on any atom is 0.306 e. The van der Waals surface area contributed by atoms with E-state index in [0.29, 0.717) is 19.3 Å². The number of carbonyl (C=O) groups excluding carboxylic acids is 3. The maximum absolute atomic E-state index is 12.7. The summed E-state index contributed by atoms with van der Waals surface area (Å²) in [6.07, 6.45) is 51.2. The molecule has 0 fully saturated rings. The number of esters is 3. The van der Waals surface area contributed by atoms with E-state index in [1.165, 1.54) is 122 Å². The molecule has 6 heteroatoms. The van der Waals surface area contributed by atoms with E-state index < -0.39 is 6.10 Å². The first-order valence-corrected chi connectivity index (χ1v) is 24.0. The molecule has 0 amide bonds. The third-order valence-electron chi connectivity index (χ3n) is 10.3. The number of carbonyl (C=O) groups is 3. The molecule has 1 atom stereocenters. The van der Waals surface area contributed by atoms with Crippen molar-refractivity contribution < 1.29 is 28.6 Å².